The Labute approximate surface area is 115 Å². The van der Waals surface area contributed by atoms with Crippen LogP contribution in [0.25, 0.3) is 0 Å². The summed E-state index contributed by atoms with van der Waals surface area (Å²) in [6.45, 7) is 0. The summed E-state index contributed by atoms with van der Waals surface area (Å²) in [5.74, 6) is 4.95. The number of aromatic nitrogens is 2. The molecule has 0 radical (unpaired) electrons. The fourth-order valence-electron chi connectivity index (χ4n) is 5.58. The van der Waals surface area contributed by atoms with Crippen molar-refractivity contribution in [2.45, 2.75) is 50.5 Å². The van der Waals surface area contributed by atoms with Crippen molar-refractivity contribution in [1.82, 2.24) is 9.55 Å². The first kappa shape index (κ1) is 12.0. The molecule has 1 aromatic heterocycles. The third-order valence-corrected chi connectivity index (χ3v) is 6.42. The zero-order chi connectivity index (χ0) is 13.0. The van der Waals surface area contributed by atoms with Crippen molar-refractivity contribution in [2.75, 3.05) is 0 Å². The minimum Gasteiger partial charge on any atom is -0.338 e. The molecule has 1 aromatic rings. The van der Waals surface area contributed by atoms with E-state index in [-0.39, 0.29) is 5.54 Å². The van der Waals surface area contributed by atoms with Gasteiger partial charge in [-0.3, -0.25) is 0 Å². The van der Waals surface area contributed by atoms with Crippen molar-refractivity contribution in [3.63, 3.8) is 0 Å². The number of imidazole rings is 1. The lowest BCUT2D eigenvalue weighted by atomic mass is 9.69. The quantitative estimate of drug-likeness (QED) is 0.906. The van der Waals surface area contributed by atoms with Gasteiger partial charge in [-0.15, -0.1) is 0 Å². The van der Waals surface area contributed by atoms with Gasteiger partial charge in [0.1, 0.15) is 5.82 Å². The van der Waals surface area contributed by atoms with Crippen molar-refractivity contribution in [2.24, 2.45) is 36.5 Å². The van der Waals surface area contributed by atoms with Gasteiger partial charge in [0.15, 0.2) is 0 Å². The third-order valence-electron chi connectivity index (χ3n) is 6.42. The highest BCUT2D eigenvalue weighted by molar-refractivity contribution is 5.13. The molecule has 5 unspecified atom stereocenters. The second-order valence-electron chi connectivity index (χ2n) is 7.25. The van der Waals surface area contributed by atoms with Gasteiger partial charge in [0.2, 0.25) is 0 Å². The van der Waals surface area contributed by atoms with Crippen LogP contribution in [0.1, 0.15) is 44.3 Å². The van der Waals surface area contributed by atoms with E-state index in [1.165, 1.54) is 37.9 Å². The van der Waals surface area contributed by atoms with Crippen molar-refractivity contribution >= 4 is 0 Å². The van der Waals surface area contributed by atoms with E-state index in [2.05, 4.69) is 16.6 Å². The molecule has 3 saturated carbocycles. The summed E-state index contributed by atoms with van der Waals surface area (Å²) in [5.41, 5.74) is 6.94. The summed E-state index contributed by atoms with van der Waals surface area (Å²) >= 11 is 0. The molecule has 104 valence electrons. The highest BCUT2D eigenvalue weighted by Crippen LogP contribution is 2.62. The SMILES string of the molecule is Cn1ccnc1CCC1(N)CC2CC1C1CCCC21. The monoisotopic (exact) mass is 259 g/mol. The van der Waals surface area contributed by atoms with Gasteiger partial charge in [0.05, 0.1) is 0 Å². The Bertz CT molecular complexity index is 480. The van der Waals surface area contributed by atoms with Gasteiger partial charge >= 0.3 is 0 Å². The molecular formula is C16H25N3. The van der Waals surface area contributed by atoms with Gasteiger partial charge in [-0.2, -0.15) is 0 Å². The third kappa shape index (κ3) is 1.70. The van der Waals surface area contributed by atoms with Gasteiger partial charge < -0.3 is 10.3 Å². The summed E-state index contributed by atoms with van der Waals surface area (Å²) in [5, 5.41) is 0. The molecule has 1 heterocycles. The number of aryl methyl sites for hydroxylation is 2. The zero-order valence-corrected chi connectivity index (χ0v) is 11.9. The molecule has 0 spiro atoms. The van der Waals surface area contributed by atoms with Gasteiger partial charge in [0.25, 0.3) is 0 Å². The molecule has 0 aliphatic heterocycles. The van der Waals surface area contributed by atoms with Crippen LogP contribution in [-0.4, -0.2) is 15.1 Å². The Morgan fingerprint density at radius 2 is 2.26 bits per heavy atom. The van der Waals surface area contributed by atoms with Crippen LogP contribution in [-0.2, 0) is 13.5 Å². The molecule has 0 saturated heterocycles. The highest BCUT2D eigenvalue weighted by atomic mass is 15.0. The van der Waals surface area contributed by atoms with Gasteiger partial charge in [-0.1, -0.05) is 6.42 Å². The maximum absolute atomic E-state index is 6.83. The number of rotatable bonds is 3. The standard InChI is InChI=1S/C16H25N3/c1-19-8-7-18-15(19)5-6-16(17)10-11-9-14(16)13-4-2-3-12(11)13/h7-8,11-14H,2-6,9-10,17H2,1H3. The predicted octanol–water partition coefficient (Wildman–Crippen LogP) is 2.51. The lowest BCUT2D eigenvalue weighted by Crippen LogP contribution is -2.49. The Kier molecular flexibility index (Phi) is 2.57. The molecule has 2 bridgehead atoms. The molecule has 4 rings (SSSR count). The zero-order valence-electron chi connectivity index (χ0n) is 11.9. The first-order valence-electron chi connectivity index (χ1n) is 7.92. The molecule has 3 heteroatoms. The van der Waals surface area contributed by atoms with Crippen LogP contribution >= 0.6 is 0 Å². The van der Waals surface area contributed by atoms with Gasteiger partial charge in [-0.25, -0.2) is 4.98 Å². The second-order valence-corrected chi connectivity index (χ2v) is 7.25. The molecule has 2 N–H and O–H groups in total. The Morgan fingerprint density at radius 1 is 1.42 bits per heavy atom. The van der Waals surface area contributed by atoms with Crippen LogP contribution in [0.2, 0.25) is 0 Å². The van der Waals surface area contributed by atoms with Crippen LogP contribution in [0.15, 0.2) is 12.4 Å². The predicted molar refractivity (Wildman–Crippen MR) is 75.5 cm³/mol. The number of nitrogens with zero attached hydrogens (tertiary/aromatic N) is 2. The van der Waals surface area contributed by atoms with Crippen LogP contribution < -0.4 is 5.73 Å². The van der Waals surface area contributed by atoms with E-state index in [0.29, 0.717) is 0 Å². The minimum atomic E-state index is 0.113. The Hall–Kier alpha value is -0.830. The van der Waals surface area contributed by atoms with E-state index >= 15 is 0 Å². The second kappa shape index (κ2) is 4.08. The lowest BCUT2D eigenvalue weighted by molar-refractivity contribution is 0.147. The van der Waals surface area contributed by atoms with E-state index in [1.807, 2.05) is 12.4 Å². The Balaban J connectivity index is 1.48. The maximum Gasteiger partial charge on any atom is 0.108 e. The molecular weight excluding hydrogens is 234 g/mol. The lowest BCUT2D eigenvalue weighted by Gasteiger charge is -2.40. The average molecular weight is 259 g/mol. The summed E-state index contributed by atoms with van der Waals surface area (Å²) in [6, 6.07) is 0. The summed E-state index contributed by atoms with van der Waals surface area (Å²) in [7, 11) is 2.08. The number of hydrogen-bond acceptors (Lipinski definition) is 2. The first-order chi connectivity index (χ1) is 9.17. The minimum absolute atomic E-state index is 0.113. The summed E-state index contributed by atoms with van der Waals surface area (Å²) in [4.78, 5) is 4.44. The molecule has 19 heavy (non-hydrogen) atoms. The molecule has 0 aromatic carbocycles. The van der Waals surface area contributed by atoms with Crippen molar-refractivity contribution < 1.29 is 0 Å². The Morgan fingerprint density at radius 3 is 3.05 bits per heavy atom. The molecule has 3 fully saturated rings. The topological polar surface area (TPSA) is 43.8 Å². The van der Waals surface area contributed by atoms with Crippen LogP contribution in [0.5, 0.6) is 0 Å². The van der Waals surface area contributed by atoms with Crippen LogP contribution in [0.4, 0.5) is 0 Å². The molecule has 3 aliphatic rings. The normalized spacial score (nSPS) is 43.9. The number of nitrogens with two attached hydrogens (primary N) is 1. The smallest absolute Gasteiger partial charge is 0.108 e. The summed E-state index contributed by atoms with van der Waals surface area (Å²) < 4.78 is 2.13. The van der Waals surface area contributed by atoms with E-state index < -0.39 is 0 Å². The fraction of sp³-hybridized carbons (Fsp3) is 0.812. The number of hydrogen-bond donors (Lipinski definition) is 1. The number of fused-ring (bicyclic) bond motifs is 5. The van der Waals surface area contributed by atoms with Gasteiger partial charge in [-0.05, 0) is 55.8 Å². The molecule has 3 aliphatic carbocycles. The van der Waals surface area contributed by atoms with Crippen LogP contribution in [0.3, 0.4) is 0 Å². The van der Waals surface area contributed by atoms with Crippen molar-refractivity contribution in [1.29, 1.82) is 0 Å². The van der Waals surface area contributed by atoms with E-state index in [1.54, 1.807) is 0 Å². The van der Waals surface area contributed by atoms with Gasteiger partial charge in [0, 0.05) is 31.4 Å². The van der Waals surface area contributed by atoms with E-state index in [4.69, 9.17) is 5.73 Å². The van der Waals surface area contributed by atoms with E-state index in [9.17, 15) is 0 Å². The van der Waals surface area contributed by atoms with E-state index in [0.717, 1.165) is 36.5 Å². The average Bonchev–Trinajstić information content (AvgIpc) is 3.07. The van der Waals surface area contributed by atoms with Crippen LogP contribution in [0, 0.1) is 23.7 Å². The molecule has 5 atom stereocenters. The molecule has 3 nitrogen and oxygen atoms in total. The maximum atomic E-state index is 6.83. The first-order valence-corrected chi connectivity index (χ1v) is 7.92. The summed E-state index contributed by atoms with van der Waals surface area (Å²) in [6.07, 6.45) is 13.2. The molecule has 0 amide bonds. The van der Waals surface area contributed by atoms with Crippen molar-refractivity contribution in [3.8, 4) is 0 Å². The largest absolute Gasteiger partial charge is 0.338 e. The fourth-order valence-corrected chi connectivity index (χ4v) is 5.58. The van der Waals surface area contributed by atoms with Crippen molar-refractivity contribution in [3.05, 3.63) is 18.2 Å². The highest BCUT2D eigenvalue weighted by Gasteiger charge is 2.58.